The van der Waals surface area contributed by atoms with Crippen molar-refractivity contribution >= 4 is 39.5 Å². The number of nitrogens with two attached hydrogens (primary N) is 1. The van der Waals surface area contributed by atoms with Gasteiger partial charge >= 0.3 is 6.09 Å². The summed E-state index contributed by atoms with van der Waals surface area (Å²) in [5, 5.41) is 25.1. The third-order valence-electron chi connectivity index (χ3n) is 10.6. The molecule has 4 heterocycles. The number of aromatic nitrogens is 4. The second-order valence-electron chi connectivity index (χ2n) is 15.2. The van der Waals surface area contributed by atoms with Crippen LogP contribution in [-0.2, 0) is 11.3 Å². The van der Waals surface area contributed by atoms with Crippen molar-refractivity contribution < 1.29 is 28.5 Å². The average Bonchev–Trinajstić information content (AvgIpc) is 3.88. The Labute approximate surface area is 345 Å². The summed E-state index contributed by atoms with van der Waals surface area (Å²) >= 11 is 0. The standard InChI is InChI=1S/C27H25FN4O3.C19H19FN4O/c1-17-10-11-20-22(14-17)30-25(24-21(28)8-5-9-23(24)33)31-26(20)32-13-12-19(15-32)29-27(34)35-16-18-6-3-2-4-7-18;1-11-5-6-13-15(9-11)22-18(17-14(20)3-2-4-16(17)25)23-19(13)24-8-7-12(21)10-24/h2-11,14,19,33H,12-13,15-16H2,1H3,(H,29,34);2-6,9,12,25H,7-8,10,21H2,1H3/t19-;12-/m11/s1. The molecule has 5 aromatic carbocycles. The molecule has 2 atom stereocenters. The summed E-state index contributed by atoms with van der Waals surface area (Å²) in [5.41, 5.74) is 10.4. The van der Waals surface area contributed by atoms with Crippen molar-refractivity contribution in [3.8, 4) is 34.3 Å². The lowest BCUT2D eigenvalue weighted by Crippen LogP contribution is -2.37. The first kappa shape index (κ1) is 39.9. The number of phenolic OH excluding ortho intramolecular Hbond substituents is 2. The van der Waals surface area contributed by atoms with Crippen LogP contribution in [0.15, 0.2) is 103 Å². The van der Waals surface area contributed by atoms with Gasteiger partial charge in [-0.15, -0.1) is 0 Å². The first-order valence-corrected chi connectivity index (χ1v) is 19.8. The van der Waals surface area contributed by atoms with Gasteiger partial charge in [-0.05, 0) is 91.9 Å². The van der Waals surface area contributed by atoms with Crippen LogP contribution in [-0.4, -0.2) is 74.5 Å². The zero-order valence-corrected chi connectivity index (χ0v) is 33.1. The van der Waals surface area contributed by atoms with E-state index in [0.29, 0.717) is 37.4 Å². The molecule has 2 aliphatic heterocycles. The Kier molecular flexibility index (Phi) is 11.4. The predicted molar refractivity (Wildman–Crippen MR) is 228 cm³/mol. The SMILES string of the molecule is Cc1ccc2c(N3CC[C@@H](N)C3)nc(-c3c(O)cccc3F)nc2c1.Cc1ccc2c(N3CC[C@@H](NC(=O)OCc4ccccc4)C3)nc(-c3c(O)cccc3F)nc2c1. The van der Waals surface area contributed by atoms with Gasteiger partial charge in [0.05, 0.1) is 28.2 Å². The van der Waals surface area contributed by atoms with E-state index in [9.17, 15) is 23.8 Å². The van der Waals surface area contributed by atoms with Crippen molar-refractivity contribution in [2.24, 2.45) is 5.73 Å². The smallest absolute Gasteiger partial charge is 0.407 e. The molecule has 0 spiro atoms. The Morgan fingerprint density at radius 2 is 1.25 bits per heavy atom. The van der Waals surface area contributed by atoms with Crippen molar-refractivity contribution in [2.75, 3.05) is 36.0 Å². The highest BCUT2D eigenvalue weighted by molar-refractivity contribution is 5.93. The number of fused-ring (bicyclic) bond motifs is 2. The maximum absolute atomic E-state index is 14.6. The van der Waals surface area contributed by atoms with E-state index in [-0.39, 0.29) is 53.0 Å². The number of aryl methyl sites for hydroxylation is 2. The summed E-state index contributed by atoms with van der Waals surface area (Å²) in [5.74, 6) is 0.143. The van der Waals surface area contributed by atoms with Gasteiger partial charge in [0.1, 0.15) is 41.4 Å². The maximum Gasteiger partial charge on any atom is 0.407 e. The fourth-order valence-electron chi connectivity index (χ4n) is 7.60. The van der Waals surface area contributed by atoms with Gasteiger partial charge in [-0.25, -0.2) is 33.5 Å². The predicted octanol–water partition coefficient (Wildman–Crippen LogP) is 7.94. The minimum atomic E-state index is -0.593. The Bertz CT molecular complexity index is 2660. The number of anilines is 2. The van der Waals surface area contributed by atoms with E-state index >= 15 is 0 Å². The first-order valence-electron chi connectivity index (χ1n) is 19.8. The van der Waals surface area contributed by atoms with Gasteiger partial charge in [-0.3, -0.25) is 0 Å². The average molecular weight is 811 g/mol. The van der Waals surface area contributed by atoms with E-state index in [1.807, 2.05) is 85.5 Å². The highest BCUT2D eigenvalue weighted by atomic mass is 19.1. The zero-order chi connectivity index (χ0) is 41.9. The summed E-state index contributed by atoms with van der Waals surface area (Å²) in [6.45, 7) is 6.79. The lowest BCUT2D eigenvalue weighted by molar-refractivity contribution is 0.136. The molecular weight excluding hydrogens is 767 g/mol. The van der Waals surface area contributed by atoms with E-state index in [1.165, 1.54) is 36.4 Å². The molecule has 2 aliphatic rings. The van der Waals surface area contributed by atoms with Crippen molar-refractivity contribution in [1.82, 2.24) is 25.3 Å². The molecule has 2 fully saturated rings. The molecule has 0 unspecified atom stereocenters. The number of phenols is 2. The highest BCUT2D eigenvalue weighted by Crippen LogP contribution is 2.36. The first-order chi connectivity index (χ1) is 29.0. The normalized spacial score (nSPS) is 16.2. The third-order valence-corrected chi connectivity index (χ3v) is 10.6. The largest absolute Gasteiger partial charge is 0.507 e. The molecule has 1 amide bonds. The molecule has 5 N–H and O–H groups in total. The number of nitrogens with zero attached hydrogens (tertiary/aromatic N) is 6. The van der Waals surface area contributed by atoms with Crippen molar-refractivity contribution in [2.45, 2.75) is 45.4 Å². The van der Waals surface area contributed by atoms with Crippen LogP contribution < -0.4 is 20.9 Å². The Morgan fingerprint density at radius 3 is 1.77 bits per heavy atom. The molecule has 60 heavy (non-hydrogen) atoms. The van der Waals surface area contributed by atoms with Gasteiger partial charge < -0.3 is 35.8 Å². The molecule has 9 rings (SSSR count). The van der Waals surface area contributed by atoms with Crippen molar-refractivity contribution in [3.05, 3.63) is 131 Å². The van der Waals surface area contributed by atoms with Gasteiger partial charge in [-0.1, -0.05) is 54.6 Å². The van der Waals surface area contributed by atoms with Gasteiger partial charge in [0.2, 0.25) is 0 Å². The van der Waals surface area contributed by atoms with Crippen LogP contribution in [0.4, 0.5) is 25.2 Å². The zero-order valence-electron chi connectivity index (χ0n) is 33.1. The number of carbonyl (C=O) groups is 1. The fourth-order valence-corrected chi connectivity index (χ4v) is 7.60. The van der Waals surface area contributed by atoms with Crippen molar-refractivity contribution in [3.63, 3.8) is 0 Å². The summed E-state index contributed by atoms with van der Waals surface area (Å²) < 4.78 is 34.3. The molecule has 2 aromatic heterocycles. The van der Waals surface area contributed by atoms with Crippen LogP contribution >= 0.6 is 0 Å². The molecule has 2 saturated heterocycles. The lowest BCUT2D eigenvalue weighted by Gasteiger charge is -2.21. The monoisotopic (exact) mass is 810 g/mol. The molecular formula is C46H44F2N8O4. The number of hydrogen-bond acceptors (Lipinski definition) is 11. The summed E-state index contributed by atoms with van der Waals surface area (Å²) in [7, 11) is 0. The van der Waals surface area contributed by atoms with E-state index in [1.54, 1.807) is 0 Å². The topological polar surface area (TPSA) is 163 Å². The van der Waals surface area contributed by atoms with E-state index in [0.717, 1.165) is 51.8 Å². The van der Waals surface area contributed by atoms with Gasteiger partial charge in [0.25, 0.3) is 0 Å². The van der Waals surface area contributed by atoms with Crippen LogP contribution in [0.25, 0.3) is 44.6 Å². The number of nitrogens with one attached hydrogen (secondary N) is 1. The van der Waals surface area contributed by atoms with Gasteiger partial charge in [0, 0.05) is 43.0 Å². The van der Waals surface area contributed by atoms with Gasteiger partial charge in [-0.2, -0.15) is 0 Å². The highest BCUT2D eigenvalue weighted by Gasteiger charge is 2.29. The molecule has 7 aromatic rings. The number of carbonyl (C=O) groups excluding carboxylic acids is 1. The van der Waals surface area contributed by atoms with Crippen molar-refractivity contribution in [1.29, 1.82) is 0 Å². The fraction of sp³-hybridized carbons (Fsp3) is 0.239. The van der Waals surface area contributed by atoms with Crippen LogP contribution in [0.5, 0.6) is 11.5 Å². The molecule has 0 aliphatic carbocycles. The maximum atomic E-state index is 14.6. The summed E-state index contributed by atoms with van der Waals surface area (Å²) in [6, 6.07) is 29.6. The second kappa shape index (κ2) is 17.1. The third kappa shape index (κ3) is 8.59. The Balaban J connectivity index is 0.000000176. The van der Waals surface area contributed by atoms with Gasteiger partial charge in [0.15, 0.2) is 11.6 Å². The number of benzene rings is 5. The molecule has 0 radical (unpaired) electrons. The summed E-state index contributed by atoms with van der Waals surface area (Å²) in [6.07, 6.45) is 1.12. The number of ether oxygens (including phenoxy) is 1. The summed E-state index contributed by atoms with van der Waals surface area (Å²) in [4.78, 5) is 34.8. The van der Waals surface area contributed by atoms with Crippen LogP contribution in [0.2, 0.25) is 0 Å². The number of amides is 1. The molecule has 14 heteroatoms. The number of aromatic hydroxyl groups is 2. The van der Waals surface area contributed by atoms with E-state index in [4.69, 9.17) is 10.5 Å². The van der Waals surface area contributed by atoms with E-state index < -0.39 is 17.7 Å². The minimum absolute atomic E-state index is 0.0238. The van der Waals surface area contributed by atoms with E-state index in [2.05, 4.69) is 30.2 Å². The van der Waals surface area contributed by atoms with Crippen LogP contribution in [0.3, 0.4) is 0 Å². The quantitative estimate of drug-likeness (QED) is 0.124. The van der Waals surface area contributed by atoms with Crippen LogP contribution in [0, 0.1) is 25.5 Å². The number of alkyl carbamates (subject to hydrolysis) is 1. The van der Waals surface area contributed by atoms with Crippen LogP contribution in [0.1, 0.15) is 29.5 Å². The molecule has 306 valence electrons. The Hall–Kier alpha value is -6.93. The lowest BCUT2D eigenvalue weighted by atomic mass is 10.1. The minimum Gasteiger partial charge on any atom is -0.507 e. The second-order valence-corrected chi connectivity index (χ2v) is 15.2. The molecule has 0 saturated carbocycles. The molecule has 0 bridgehead atoms. The Morgan fingerprint density at radius 1 is 0.717 bits per heavy atom. The number of halogens is 2. The number of hydrogen-bond donors (Lipinski definition) is 4. The number of rotatable bonds is 7. The molecule has 12 nitrogen and oxygen atoms in total.